The van der Waals surface area contributed by atoms with Gasteiger partial charge in [0, 0.05) is 17.8 Å². The molecule has 132 valence electrons. The van der Waals surface area contributed by atoms with Crippen molar-refractivity contribution in [3.63, 3.8) is 0 Å². The van der Waals surface area contributed by atoms with Crippen LogP contribution in [0.15, 0.2) is 54.6 Å². The quantitative estimate of drug-likeness (QED) is 0.748. The Hall–Kier alpha value is -2.66. The van der Waals surface area contributed by atoms with Crippen molar-refractivity contribution in [1.82, 2.24) is 4.90 Å². The van der Waals surface area contributed by atoms with E-state index in [0.717, 1.165) is 19.6 Å². The summed E-state index contributed by atoms with van der Waals surface area (Å²) in [7, 11) is 0. The number of benzene rings is 2. The number of likely N-dealkylation sites (N-methyl/N-ethyl adjacent to an activating group) is 1. The fourth-order valence-electron chi connectivity index (χ4n) is 2.37. The Labute approximate surface area is 148 Å². The molecule has 0 saturated carbocycles. The molecule has 0 saturated heterocycles. The number of hydrogen-bond acceptors (Lipinski definition) is 4. The number of carbonyl (C=O) groups excluding carboxylic acids is 2. The number of nitrogens with one attached hydrogen (secondary N) is 1. The number of carbonyl (C=O) groups is 2. The van der Waals surface area contributed by atoms with Gasteiger partial charge in [-0.3, -0.25) is 4.79 Å². The van der Waals surface area contributed by atoms with E-state index in [4.69, 9.17) is 4.74 Å². The van der Waals surface area contributed by atoms with Crippen molar-refractivity contribution in [2.75, 3.05) is 31.6 Å². The number of ether oxygens (including phenoxy) is 1. The van der Waals surface area contributed by atoms with Gasteiger partial charge < -0.3 is 15.0 Å². The lowest BCUT2D eigenvalue weighted by atomic mass is 10.2. The first-order chi connectivity index (χ1) is 12.1. The molecule has 1 N–H and O–H groups in total. The number of anilines is 1. The minimum Gasteiger partial charge on any atom is -0.461 e. The normalized spacial score (nSPS) is 10.5. The van der Waals surface area contributed by atoms with E-state index in [-0.39, 0.29) is 11.9 Å². The van der Waals surface area contributed by atoms with Crippen LogP contribution < -0.4 is 5.32 Å². The van der Waals surface area contributed by atoms with E-state index in [0.29, 0.717) is 23.4 Å². The van der Waals surface area contributed by atoms with Gasteiger partial charge in [0.1, 0.15) is 6.61 Å². The molecule has 1 amide bonds. The Balaban J connectivity index is 1.86. The van der Waals surface area contributed by atoms with Gasteiger partial charge >= 0.3 is 5.97 Å². The molecule has 0 bridgehead atoms. The summed E-state index contributed by atoms with van der Waals surface area (Å²) in [5.74, 6) is -0.539. The number of rotatable bonds is 8. The minimum atomic E-state index is -0.354. The predicted molar refractivity (Wildman–Crippen MR) is 98.9 cm³/mol. The molecule has 0 fully saturated rings. The molecule has 0 atom stereocenters. The molecule has 0 aromatic heterocycles. The molecule has 2 rings (SSSR count). The van der Waals surface area contributed by atoms with E-state index in [1.165, 1.54) is 0 Å². The van der Waals surface area contributed by atoms with Crippen LogP contribution in [0.2, 0.25) is 0 Å². The zero-order valence-electron chi connectivity index (χ0n) is 14.7. The van der Waals surface area contributed by atoms with Gasteiger partial charge in [0.2, 0.25) is 0 Å². The Morgan fingerprint density at radius 1 is 0.920 bits per heavy atom. The first-order valence-corrected chi connectivity index (χ1v) is 8.50. The summed E-state index contributed by atoms with van der Waals surface area (Å²) < 4.78 is 5.28. The van der Waals surface area contributed by atoms with Gasteiger partial charge in [-0.05, 0) is 49.5 Å². The molecule has 0 spiro atoms. The standard InChI is InChI=1S/C20H24N2O3/c1-3-22(4-2)14-15-25-20(24)17-10-12-18(13-11-17)21-19(23)16-8-6-5-7-9-16/h5-13H,3-4,14-15H2,1-2H3,(H,21,23). The average molecular weight is 340 g/mol. The Bertz CT molecular complexity index is 680. The summed E-state index contributed by atoms with van der Waals surface area (Å²) in [6.07, 6.45) is 0. The van der Waals surface area contributed by atoms with Crippen molar-refractivity contribution in [3.05, 3.63) is 65.7 Å². The van der Waals surface area contributed by atoms with Crippen molar-refractivity contribution < 1.29 is 14.3 Å². The van der Waals surface area contributed by atoms with Crippen molar-refractivity contribution in [2.24, 2.45) is 0 Å². The van der Waals surface area contributed by atoms with Gasteiger partial charge in [0.15, 0.2) is 0 Å². The molecule has 25 heavy (non-hydrogen) atoms. The number of hydrogen-bond donors (Lipinski definition) is 1. The third kappa shape index (κ3) is 5.72. The van der Waals surface area contributed by atoms with E-state index >= 15 is 0 Å². The van der Waals surface area contributed by atoms with Crippen LogP contribution in [-0.2, 0) is 4.74 Å². The van der Waals surface area contributed by atoms with Crippen LogP contribution >= 0.6 is 0 Å². The lowest BCUT2D eigenvalue weighted by molar-refractivity contribution is 0.0466. The van der Waals surface area contributed by atoms with Gasteiger partial charge in [-0.2, -0.15) is 0 Å². The van der Waals surface area contributed by atoms with E-state index in [1.807, 2.05) is 18.2 Å². The van der Waals surface area contributed by atoms with Crippen LogP contribution in [0.5, 0.6) is 0 Å². The van der Waals surface area contributed by atoms with Crippen LogP contribution in [0.4, 0.5) is 5.69 Å². The van der Waals surface area contributed by atoms with Gasteiger partial charge in [-0.1, -0.05) is 32.0 Å². The summed E-state index contributed by atoms with van der Waals surface area (Å²) in [5, 5.41) is 2.80. The summed E-state index contributed by atoms with van der Waals surface area (Å²) in [6.45, 7) is 7.12. The highest BCUT2D eigenvalue weighted by Crippen LogP contribution is 2.12. The lowest BCUT2D eigenvalue weighted by Gasteiger charge is -2.17. The summed E-state index contributed by atoms with van der Waals surface area (Å²) in [4.78, 5) is 26.3. The second-order valence-corrected chi connectivity index (χ2v) is 5.56. The molecule has 0 aliphatic carbocycles. The van der Waals surface area contributed by atoms with Gasteiger partial charge in [-0.15, -0.1) is 0 Å². The number of amides is 1. The van der Waals surface area contributed by atoms with Gasteiger partial charge in [0.25, 0.3) is 5.91 Å². The van der Waals surface area contributed by atoms with Crippen LogP contribution in [-0.4, -0.2) is 43.0 Å². The van der Waals surface area contributed by atoms with E-state index < -0.39 is 0 Å². The monoisotopic (exact) mass is 340 g/mol. The summed E-state index contributed by atoms with van der Waals surface area (Å²) in [6, 6.07) is 15.7. The smallest absolute Gasteiger partial charge is 0.338 e. The molecule has 0 radical (unpaired) electrons. The van der Waals surface area contributed by atoms with E-state index in [9.17, 15) is 9.59 Å². The third-order valence-corrected chi connectivity index (χ3v) is 3.95. The third-order valence-electron chi connectivity index (χ3n) is 3.95. The highest BCUT2D eigenvalue weighted by atomic mass is 16.5. The fraction of sp³-hybridized carbons (Fsp3) is 0.300. The Kier molecular flexibility index (Phi) is 7.16. The van der Waals surface area contributed by atoms with Crippen LogP contribution in [0.3, 0.4) is 0 Å². The molecule has 0 aliphatic heterocycles. The highest BCUT2D eigenvalue weighted by Gasteiger charge is 2.09. The Morgan fingerprint density at radius 2 is 1.56 bits per heavy atom. The second-order valence-electron chi connectivity index (χ2n) is 5.56. The van der Waals surface area contributed by atoms with Crippen molar-refractivity contribution in [2.45, 2.75) is 13.8 Å². The topological polar surface area (TPSA) is 58.6 Å². The fourth-order valence-corrected chi connectivity index (χ4v) is 2.37. The van der Waals surface area contributed by atoms with Crippen LogP contribution in [0, 0.1) is 0 Å². The van der Waals surface area contributed by atoms with Gasteiger partial charge in [-0.25, -0.2) is 4.79 Å². The maximum Gasteiger partial charge on any atom is 0.338 e. The van der Waals surface area contributed by atoms with E-state index in [1.54, 1.807) is 36.4 Å². The van der Waals surface area contributed by atoms with Crippen LogP contribution in [0.1, 0.15) is 34.6 Å². The van der Waals surface area contributed by atoms with E-state index in [2.05, 4.69) is 24.1 Å². The van der Waals surface area contributed by atoms with Crippen molar-refractivity contribution in [3.8, 4) is 0 Å². The molecule has 0 aliphatic rings. The minimum absolute atomic E-state index is 0.185. The molecular formula is C20H24N2O3. The first kappa shape index (κ1) is 18.7. The molecule has 0 unspecified atom stereocenters. The average Bonchev–Trinajstić information content (AvgIpc) is 2.66. The SMILES string of the molecule is CCN(CC)CCOC(=O)c1ccc(NC(=O)c2ccccc2)cc1. The second kappa shape index (κ2) is 9.59. The molecule has 2 aromatic rings. The van der Waals surface area contributed by atoms with Crippen molar-refractivity contribution in [1.29, 1.82) is 0 Å². The summed E-state index contributed by atoms with van der Waals surface area (Å²) in [5.41, 5.74) is 1.69. The number of esters is 1. The predicted octanol–water partition coefficient (Wildman–Crippen LogP) is 3.44. The summed E-state index contributed by atoms with van der Waals surface area (Å²) >= 11 is 0. The molecule has 2 aromatic carbocycles. The molecule has 5 heteroatoms. The maximum absolute atomic E-state index is 12.1. The lowest BCUT2D eigenvalue weighted by Crippen LogP contribution is -2.27. The zero-order valence-corrected chi connectivity index (χ0v) is 14.7. The highest BCUT2D eigenvalue weighted by molar-refractivity contribution is 6.04. The van der Waals surface area contributed by atoms with Crippen LogP contribution in [0.25, 0.3) is 0 Å². The zero-order chi connectivity index (χ0) is 18.1. The van der Waals surface area contributed by atoms with Gasteiger partial charge in [0.05, 0.1) is 5.56 Å². The Morgan fingerprint density at radius 3 is 2.16 bits per heavy atom. The first-order valence-electron chi connectivity index (χ1n) is 8.50. The van der Waals surface area contributed by atoms with Crippen molar-refractivity contribution >= 4 is 17.6 Å². The molecule has 0 heterocycles. The maximum atomic E-state index is 12.1. The molecule has 5 nitrogen and oxygen atoms in total. The number of nitrogens with zero attached hydrogens (tertiary/aromatic N) is 1. The largest absolute Gasteiger partial charge is 0.461 e. The molecular weight excluding hydrogens is 316 g/mol.